The second kappa shape index (κ2) is 6.75. The van der Waals surface area contributed by atoms with Gasteiger partial charge in [0.25, 0.3) is 0 Å². The number of methoxy groups -OCH3 is 1. The van der Waals surface area contributed by atoms with Crippen LogP contribution in [-0.4, -0.2) is 35.2 Å². The summed E-state index contributed by atoms with van der Waals surface area (Å²) in [4.78, 5) is 2.77. The lowest BCUT2D eigenvalue weighted by molar-refractivity contribution is 0.401. The number of sulfone groups is 1. The lowest BCUT2D eigenvalue weighted by Gasteiger charge is -2.12. The van der Waals surface area contributed by atoms with Gasteiger partial charge in [-0.15, -0.1) is 0 Å². The van der Waals surface area contributed by atoms with Crippen LogP contribution in [0.5, 0.6) is 5.75 Å². The second-order valence-corrected chi connectivity index (χ2v) is 9.52. The van der Waals surface area contributed by atoms with Crippen LogP contribution in [0.1, 0.15) is 5.56 Å². The van der Waals surface area contributed by atoms with Crippen LogP contribution < -0.4 is 9.46 Å². The molecule has 0 aliphatic rings. The Kier molecular flexibility index (Phi) is 4.78. The number of sulfonamides is 1. The zero-order valence-electron chi connectivity index (χ0n) is 14.2. The van der Waals surface area contributed by atoms with Gasteiger partial charge < -0.3 is 9.72 Å². The van der Waals surface area contributed by atoms with Crippen LogP contribution in [0.4, 0.5) is 0 Å². The van der Waals surface area contributed by atoms with Gasteiger partial charge in [-0.3, -0.25) is 0 Å². The van der Waals surface area contributed by atoms with Crippen molar-refractivity contribution >= 4 is 30.8 Å². The standard InChI is InChI=1S/C17H18N2O5S2/c1-24-16-8-7-13(25(2,20)21)9-17(16)26(22,23)19-11-12-10-18-15-6-4-3-5-14(12)15/h3-10,18-19H,11H2,1-2H3. The Morgan fingerprint density at radius 1 is 1.08 bits per heavy atom. The molecule has 0 spiro atoms. The van der Waals surface area contributed by atoms with Crippen LogP contribution in [0.25, 0.3) is 10.9 Å². The molecule has 138 valence electrons. The number of H-pyrrole nitrogens is 1. The first-order valence-corrected chi connectivity index (χ1v) is 11.0. The summed E-state index contributed by atoms with van der Waals surface area (Å²) in [5.74, 6) is 0.0730. The van der Waals surface area contributed by atoms with Crippen molar-refractivity contribution in [3.05, 3.63) is 54.2 Å². The first kappa shape index (κ1) is 18.4. The van der Waals surface area contributed by atoms with E-state index in [0.717, 1.165) is 28.8 Å². The average molecular weight is 394 g/mol. The lowest BCUT2D eigenvalue weighted by Crippen LogP contribution is -2.24. The third-order valence-electron chi connectivity index (χ3n) is 3.98. The molecule has 0 saturated heterocycles. The van der Waals surface area contributed by atoms with E-state index >= 15 is 0 Å². The molecule has 0 saturated carbocycles. The van der Waals surface area contributed by atoms with Gasteiger partial charge in [0.2, 0.25) is 10.0 Å². The van der Waals surface area contributed by atoms with E-state index < -0.39 is 19.9 Å². The maximum absolute atomic E-state index is 12.7. The van der Waals surface area contributed by atoms with Crippen molar-refractivity contribution in [2.75, 3.05) is 13.4 Å². The fourth-order valence-corrected chi connectivity index (χ4v) is 4.55. The van der Waals surface area contributed by atoms with Crippen molar-refractivity contribution in [3.63, 3.8) is 0 Å². The van der Waals surface area contributed by atoms with E-state index in [2.05, 4.69) is 9.71 Å². The fourth-order valence-electron chi connectivity index (χ4n) is 2.63. The van der Waals surface area contributed by atoms with E-state index in [4.69, 9.17) is 4.74 Å². The minimum Gasteiger partial charge on any atom is -0.495 e. The Balaban J connectivity index is 1.95. The number of benzene rings is 2. The average Bonchev–Trinajstić information content (AvgIpc) is 3.02. The molecule has 0 fully saturated rings. The van der Waals surface area contributed by atoms with Crippen molar-refractivity contribution in [2.24, 2.45) is 0 Å². The summed E-state index contributed by atoms with van der Waals surface area (Å²) >= 11 is 0. The zero-order chi connectivity index (χ0) is 18.9. The molecular formula is C17H18N2O5S2. The summed E-state index contributed by atoms with van der Waals surface area (Å²) in [5, 5.41) is 0.909. The van der Waals surface area contributed by atoms with Crippen LogP contribution in [0, 0.1) is 0 Å². The molecule has 0 radical (unpaired) electrons. The van der Waals surface area contributed by atoms with Crippen molar-refractivity contribution in [1.82, 2.24) is 9.71 Å². The number of hydrogen-bond donors (Lipinski definition) is 2. The molecule has 0 aliphatic heterocycles. The van der Waals surface area contributed by atoms with E-state index in [9.17, 15) is 16.8 Å². The van der Waals surface area contributed by atoms with E-state index in [1.807, 2.05) is 24.3 Å². The predicted octanol–water partition coefficient (Wildman–Crippen LogP) is 2.06. The third-order valence-corrected chi connectivity index (χ3v) is 6.51. The van der Waals surface area contributed by atoms with Crippen molar-refractivity contribution in [2.45, 2.75) is 16.3 Å². The van der Waals surface area contributed by atoms with Gasteiger partial charge in [-0.05, 0) is 29.8 Å². The minimum atomic E-state index is -3.98. The molecule has 9 heteroatoms. The number of para-hydroxylation sites is 1. The van der Waals surface area contributed by atoms with Gasteiger partial charge in [-0.1, -0.05) is 18.2 Å². The first-order valence-electron chi connectivity index (χ1n) is 7.65. The van der Waals surface area contributed by atoms with Crippen LogP contribution in [0.15, 0.2) is 58.5 Å². The second-order valence-electron chi connectivity index (χ2n) is 5.77. The van der Waals surface area contributed by atoms with E-state index in [-0.39, 0.29) is 22.1 Å². The summed E-state index contributed by atoms with van der Waals surface area (Å²) in [6.45, 7) is 0.0542. The lowest BCUT2D eigenvalue weighted by atomic mass is 10.2. The van der Waals surface area contributed by atoms with Gasteiger partial charge in [0.05, 0.1) is 12.0 Å². The summed E-state index contributed by atoms with van der Waals surface area (Å²) in [7, 11) is -6.21. The van der Waals surface area contributed by atoms with E-state index in [1.54, 1.807) is 6.20 Å². The largest absolute Gasteiger partial charge is 0.495 e. The summed E-state index contributed by atoms with van der Waals surface area (Å²) in [5.41, 5.74) is 1.68. The quantitative estimate of drug-likeness (QED) is 0.666. The van der Waals surface area contributed by atoms with E-state index in [0.29, 0.717) is 0 Å². The molecule has 0 amide bonds. The number of aromatic nitrogens is 1. The Hall–Kier alpha value is -2.36. The predicted molar refractivity (Wildman–Crippen MR) is 98.4 cm³/mol. The number of fused-ring (bicyclic) bond motifs is 1. The summed E-state index contributed by atoms with van der Waals surface area (Å²) in [6.07, 6.45) is 2.75. The molecule has 1 heterocycles. The number of hydrogen-bond acceptors (Lipinski definition) is 5. The highest BCUT2D eigenvalue weighted by molar-refractivity contribution is 7.91. The highest BCUT2D eigenvalue weighted by Crippen LogP contribution is 2.27. The molecule has 0 bridgehead atoms. The number of rotatable bonds is 6. The monoisotopic (exact) mass is 394 g/mol. The molecule has 0 aliphatic carbocycles. The van der Waals surface area contributed by atoms with Gasteiger partial charge in [0, 0.05) is 29.9 Å². The molecule has 7 nitrogen and oxygen atoms in total. The maximum atomic E-state index is 12.7. The maximum Gasteiger partial charge on any atom is 0.244 e. The van der Waals surface area contributed by atoms with Gasteiger partial charge >= 0.3 is 0 Å². The minimum absolute atomic E-state index is 0.0542. The van der Waals surface area contributed by atoms with Crippen LogP contribution in [0.3, 0.4) is 0 Å². The fraction of sp³-hybridized carbons (Fsp3) is 0.176. The number of nitrogens with one attached hydrogen (secondary N) is 2. The summed E-state index contributed by atoms with van der Waals surface area (Å²) in [6, 6.07) is 11.3. The molecular weight excluding hydrogens is 376 g/mol. The Morgan fingerprint density at radius 3 is 2.50 bits per heavy atom. The molecule has 0 atom stereocenters. The Morgan fingerprint density at radius 2 is 1.81 bits per heavy atom. The Bertz CT molecular complexity index is 1160. The van der Waals surface area contributed by atoms with Crippen LogP contribution >= 0.6 is 0 Å². The molecule has 3 aromatic rings. The van der Waals surface area contributed by atoms with Crippen LogP contribution in [-0.2, 0) is 26.4 Å². The summed E-state index contributed by atoms with van der Waals surface area (Å²) < 4.78 is 56.5. The topological polar surface area (TPSA) is 105 Å². The molecule has 1 aromatic heterocycles. The van der Waals surface area contributed by atoms with Gasteiger partial charge in [0.15, 0.2) is 9.84 Å². The van der Waals surface area contributed by atoms with Crippen molar-refractivity contribution < 1.29 is 21.6 Å². The molecule has 2 N–H and O–H groups in total. The number of aromatic amines is 1. The van der Waals surface area contributed by atoms with Crippen molar-refractivity contribution in [1.29, 1.82) is 0 Å². The zero-order valence-corrected chi connectivity index (χ0v) is 15.8. The normalized spacial score (nSPS) is 12.4. The van der Waals surface area contributed by atoms with Crippen molar-refractivity contribution in [3.8, 4) is 5.75 Å². The number of ether oxygens (including phenoxy) is 1. The third kappa shape index (κ3) is 3.59. The SMILES string of the molecule is COc1ccc(S(C)(=O)=O)cc1S(=O)(=O)NCc1c[nH]c2ccccc12. The van der Waals surface area contributed by atoms with E-state index in [1.165, 1.54) is 19.2 Å². The molecule has 0 unspecified atom stereocenters. The Labute approximate surface area is 152 Å². The van der Waals surface area contributed by atoms with Gasteiger partial charge in [-0.2, -0.15) is 0 Å². The van der Waals surface area contributed by atoms with Gasteiger partial charge in [0.1, 0.15) is 10.6 Å². The molecule has 2 aromatic carbocycles. The molecule has 26 heavy (non-hydrogen) atoms. The van der Waals surface area contributed by atoms with Gasteiger partial charge in [-0.25, -0.2) is 21.6 Å². The smallest absolute Gasteiger partial charge is 0.244 e. The highest BCUT2D eigenvalue weighted by Gasteiger charge is 2.22. The highest BCUT2D eigenvalue weighted by atomic mass is 32.2. The molecule has 3 rings (SSSR count). The van der Waals surface area contributed by atoms with Crippen LogP contribution in [0.2, 0.25) is 0 Å². The first-order chi connectivity index (χ1) is 12.2.